The minimum Gasteiger partial charge on any atom is -0.349 e. The maximum atomic E-state index is 13.0. The van der Waals surface area contributed by atoms with Crippen LogP contribution in [0.4, 0.5) is 0 Å². The van der Waals surface area contributed by atoms with Crippen LogP contribution in [0.2, 0.25) is 0 Å². The summed E-state index contributed by atoms with van der Waals surface area (Å²) in [6, 6.07) is 20.4. The van der Waals surface area contributed by atoms with E-state index in [9.17, 15) is 4.79 Å². The molecule has 1 fully saturated rings. The Balaban J connectivity index is 0.997. The lowest BCUT2D eigenvalue weighted by Gasteiger charge is -2.32. The zero-order valence-electron chi connectivity index (χ0n) is 21.6. The molecule has 6 heteroatoms. The van der Waals surface area contributed by atoms with Crippen LogP contribution in [0, 0.1) is 5.92 Å². The zero-order chi connectivity index (χ0) is 25.2. The molecule has 2 aromatic heterocycles. The van der Waals surface area contributed by atoms with Gasteiger partial charge in [0.05, 0.1) is 16.9 Å². The van der Waals surface area contributed by atoms with Gasteiger partial charge in [0.25, 0.3) is 5.91 Å². The molecule has 37 heavy (non-hydrogen) atoms. The number of amides is 1. The second-order valence-corrected chi connectivity index (χ2v) is 10.6. The predicted molar refractivity (Wildman–Crippen MR) is 147 cm³/mol. The van der Waals surface area contributed by atoms with Crippen molar-refractivity contribution in [1.29, 1.82) is 0 Å². The number of carbonyl (C=O) groups is 1. The minimum atomic E-state index is 0.0252. The van der Waals surface area contributed by atoms with Crippen LogP contribution in [0.5, 0.6) is 0 Å². The first-order valence-corrected chi connectivity index (χ1v) is 13.6. The Labute approximate surface area is 218 Å². The molecule has 1 N–H and O–H groups in total. The Hall–Kier alpha value is -3.51. The molecule has 2 aliphatic rings. The van der Waals surface area contributed by atoms with Crippen LogP contribution in [-0.2, 0) is 20.0 Å². The third-order valence-electron chi connectivity index (χ3n) is 8.29. The molecule has 1 amide bonds. The summed E-state index contributed by atoms with van der Waals surface area (Å²) in [5.74, 6) is 1.84. The quantitative estimate of drug-likeness (QED) is 0.392. The fraction of sp³-hybridized carbons (Fsp3) is 0.387. The first-order valence-electron chi connectivity index (χ1n) is 13.6. The molecule has 3 heterocycles. The minimum absolute atomic E-state index is 0.0252. The summed E-state index contributed by atoms with van der Waals surface area (Å²) in [5, 5.41) is 4.22. The lowest BCUT2D eigenvalue weighted by molar-refractivity contribution is 0.0921. The molecular formula is C31H35N5O. The van der Waals surface area contributed by atoms with E-state index in [1.54, 1.807) is 6.20 Å². The van der Waals surface area contributed by atoms with Crippen LogP contribution < -0.4 is 5.32 Å². The highest BCUT2D eigenvalue weighted by Crippen LogP contribution is 2.30. The van der Waals surface area contributed by atoms with Crippen LogP contribution in [0.25, 0.3) is 22.3 Å². The number of hydrogen-bond acceptors (Lipinski definition) is 4. The largest absolute Gasteiger partial charge is 0.349 e. The molecule has 2 aromatic carbocycles. The molecule has 0 saturated heterocycles. The van der Waals surface area contributed by atoms with Crippen molar-refractivity contribution in [2.75, 3.05) is 13.1 Å². The second kappa shape index (κ2) is 10.5. The van der Waals surface area contributed by atoms with Crippen LogP contribution in [0.15, 0.2) is 66.9 Å². The van der Waals surface area contributed by atoms with E-state index in [2.05, 4.69) is 57.1 Å². The van der Waals surface area contributed by atoms with Gasteiger partial charge in [-0.05, 0) is 62.8 Å². The van der Waals surface area contributed by atoms with Gasteiger partial charge in [-0.15, -0.1) is 0 Å². The third-order valence-corrected chi connectivity index (χ3v) is 8.29. The number of pyridine rings is 1. The number of carbonyl (C=O) groups excluding carboxylic acids is 1. The van der Waals surface area contributed by atoms with Gasteiger partial charge >= 0.3 is 0 Å². The summed E-state index contributed by atoms with van der Waals surface area (Å²) in [4.78, 5) is 25.0. The third kappa shape index (κ3) is 5.03. The Kier molecular flexibility index (Phi) is 6.75. The van der Waals surface area contributed by atoms with Crippen molar-refractivity contribution in [2.45, 2.75) is 51.1 Å². The molecule has 1 saturated carbocycles. The standard InChI is InChI=1S/C31H35N5O/c1-35-29-21-36(20-17-28(29)34-30(35)23-7-3-2-4-8-23)19-16-22-12-14-24(15-13-22)33-31(37)26-9-5-11-27-25(26)10-6-18-32-27/h2-11,18,22,24H,12-17,19-21H2,1H3,(H,33,37). The Morgan fingerprint density at radius 2 is 1.84 bits per heavy atom. The van der Waals surface area contributed by atoms with Gasteiger partial charge < -0.3 is 9.88 Å². The number of hydrogen-bond donors (Lipinski definition) is 1. The molecule has 0 radical (unpaired) electrons. The summed E-state index contributed by atoms with van der Waals surface area (Å²) in [5.41, 5.74) is 5.40. The van der Waals surface area contributed by atoms with Gasteiger partial charge in [-0.3, -0.25) is 14.7 Å². The molecule has 0 spiro atoms. The average Bonchev–Trinajstić information content (AvgIpc) is 3.28. The lowest BCUT2D eigenvalue weighted by Crippen LogP contribution is -2.38. The van der Waals surface area contributed by atoms with Gasteiger partial charge in [-0.25, -0.2) is 4.98 Å². The number of imidazole rings is 1. The topological polar surface area (TPSA) is 63.1 Å². The predicted octanol–water partition coefficient (Wildman–Crippen LogP) is 5.37. The molecule has 1 aliphatic heterocycles. The van der Waals surface area contributed by atoms with Gasteiger partial charge in [0, 0.05) is 55.3 Å². The Bertz CT molecular complexity index is 1380. The van der Waals surface area contributed by atoms with E-state index < -0.39 is 0 Å². The molecule has 0 atom stereocenters. The molecule has 1 aliphatic carbocycles. The summed E-state index contributed by atoms with van der Waals surface area (Å²) in [6.07, 6.45) is 8.52. The summed E-state index contributed by atoms with van der Waals surface area (Å²) < 4.78 is 2.29. The molecule has 4 aromatic rings. The van der Waals surface area contributed by atoms with Crippen molar-refractivity contribution in [3.63, 3.8) is 0 Å². The van der Waals surface area contributed by atoms with Gasteiger partial charge in [0.1, 0.15) is 5.82 Å². The van der Waals surface area contributed by atoms with E-state index in [4.69, 9.17) is 4.98 Å². The van der Waals surface area contributed by atoms with E-state index >= 15 is 0 Å². The fourth-order valence-electron chi connectivity index (χ4n) is 6.10. The van der Waals surface area contributed by atoms with E-state index in [-0.39, 0.29) is 11.9 Å². The zero-order valence-corrected chi connectivity index (χ0v) is 21.6. The smallest absolute Gasteiger partial charge is 0.252 e. The highest BCUT2D eigenvalue weighted by molar-refractivity contribution is 6.06. The molecule has 0 bridgehead atoms. The summed E-state index contributed by atoms with van der Waals surface area (Å²) >= 11 is 0. The number of fused-ring (bicyclic) bond motifs is 2. The first-order chi connectivity index (χ1) is 18.2. The SMILES string of the molecule is Cn1c(-c2ccccc2)nc2c1CN(CCC1CCC(NC(=O)c3cccc4ncccc34)CC1)CC2. The maximum absolute atomic E-state index is 13.0. The summed E-state index contributed by atoms with van der Waals surface area (Å²) in [7, 11) is 2.15. The van der Waals surface area contributed by atoms with Crippen LogP contribution >= 0.6 is 0 Å². The van der Waals surface area contributed by atoms with Crippen molar-refractivity contribution in [1.82, 2.24) is 24.8 Å². The van der Waals surface area contributed by atoms with Gasteiger partial charge in [-0.2, -0.15) is 0 Å². The van der Waals surface area contributed by atoms with E-state index in [1.807, 2.05) is 30.3 Å². The van der Waals surface area contributed by atoms with Crippen molar-refractivity contribution < 1.29 is 4.79 Å². The molecule has 190 valence electrons. The van der Waals surface area contributed by atoms with Crippen molar-refractivity contribution >= 4 is 16.8 Å². The number of rotatable bonds is 6. The van der Waals surface area contributed by atoms with E-state index in [0.717, 1.165) is 67.1 Å². The second-order valence-electron chi connectivity index (χ2n) is 10.6. The number of nitrogens with one attached hydrogen (secondary N) is 1. The van der Waals surface area contributed by atoms with E-state index in [1.165, 1.54) is 36.2 Å². The van der Waals surface area contributed by atoms with Crippen LogP contribution in [-0.4, -0.2) is 44.5 Å². The maximum Gasteiger partial charge on any atom is 0.252 e. The first kappa shape index (κ1) is 23.9. The van der Waals surface area contributed by atoms with Gasteiger partial charge in [0.15, 0.2) is 0 Å². The normalized spacial score (nSPS) is 20.0. The number of aromatic nitrogens is 3. The van der Waals surface area contributed by atoms with E-state index in [0.29, 0.717) is 0 Å². The fourth-order valence-corrected chi connectivity index (χ4v) is 6.10. The number of benzene rings is 2. The van der Waals surface area contributed by atoms with Crippen LogP contribution in [0.1, 0.15) is 53.8 Å². The van der Waals surface area contributed by atoms with Gasteiger partial charge in [0.2, 0.25) is 0 Å². The van der Waals surface area contributed by atoms with Crippen LogP contribution in [0.3, 0.4) is 0 Å². The molecular weight excluding hydrogens is 458 g/mol. The van der Waals surface area contributed by atoms with Crippen molar-refractivity contribution in [3.8, 4) is 11.4 Å². The Morgan fingerprint density at radius 1 is 1.00 bits per heavy atom. The summed E-state index contributed by atoms with van der Waals surface area (Å²) in [6.45, 7) is 3.20. The highest BCUT2D eigenvalue weighted by atomic mass is 16.1. The van der Waals surface area contributed by atoms with Gasteiger partial charge in [-0.1, -0.05) is 42.5 Å². The molecule has 6 rings (SSSR count). The highest BCUT2D eigenvalue weighted by Gasteiger charge is 2.26. The molecule has 0 unspecified atom stereocenters. The lowest BCUT2D eigenvalue weighted by atomic mass is 9.84. The Morgan fingerprint density at radius 3 is 2.68 bits per heavy atom. The average molecular weight is 494 g/mol. The van der Waals surface area contributed by atoms with Crippen molar-refractivity contribution in [2.24, 2.45) is 13.0 Å². The number of nitrogens with zero attached hydrogens (tertiary/aromatic N) is 4. The van der Waals surface area contributed by atoms with Crippen molar-refractivity contribution in [3.05, 3.63) is 83.8 Å². The molecule has 6 nitrogen and oxygen atoms in total. The monoisotopic (exact) mass is 493 g/mol.